The van der Waals surface area contributed by atoms with E-state index in [1.54, 1.807) is 0 Å². The maximum atomic E-state index is 14.0. The number of halogens is 5. The molecule has 0 spiro atoms. The van der Waals surface area contributed by atoms with E-state index < -0.39 is 47.0 Å². The average Bonchev–Trinajstić information content (AvgIpc) is 2.91. The summed E-state index contributed by atoms with van der Waals surface area (Å²) in [7, 11) is 0. The van der Waals surface area contributed by atoms with Crippen LogP contribution in [0.1, 0.15) is 142 Å². The molecule has 228 valence electrons. The van der Waals surface area contributed by atoms with Crippen molar-refractivity contribution in [2.24, 2.45) is 0 Å². The van der Waals surface area contributed by atoms with Crippen molar-refractivity contribution in [3.63, 3.8) is 0 Å². The molecule has 0 amide bonds. The van der Waals surface area contributed by atoms with Crippen molar-refractivity contribution in [1.82, 2.24) is 0 Å². The van der Waals surface area contributed by atoms with Crippen LogP contribution in [0.25, 0.3) is 0 Å². The van der Waals surface area contributed by atoms with E-state index in [2.05, 4.69) is 6.92 Å². The molecule has 0 heterocycles. The van der Waals surface area contributed by atoms with Gasteiger partial charge in [-0.25, -0.2) is 22.0 Å². The zero-order valence-corrected chi connectivity index (χ0v) is 24.6. The zero-order valence-electron chi connectivity index (χ0n) is 24.6. The molecule has 2 unspecified atom stereocenters. The molecule has 0 aliphatic rings. The first kappa shape index (κ1) is 35.8. The van der Waals surface area contributed by atoms with Crippen LogP contribution in [0.5, 0.6) is 0 Å². The van der Waals surface area contributed by atoms with Gasteiger partial charge in [-0.3, -0.25) is 0 Å². The van der Waals surface area contributed by atoms with E-state index in [1.807, 2.05) is 13.8 Å². The Balaban J connectivity index is 2.37. The fourth-order valence-electron chi connectivity index (χ4n) is 4.89. The zero-order chi connectivity index (χ0) is 29.0. The van der Waals surface area contributed by atoms with Crippen LogP contribution in [0.4, 0.5) is 22.0 Å². The van der Waals surface area contributed by atoms with Crippen molar-refractivity contribution in [3.8, 4) is 0 Å². The maximum absolute atomic E-state index is 14.0. The molecule has 0 aliphatic heterocycles. The minimum Gasteiger partial charge on any atom is -0.330 e. The Bertz CT molecular complexity index is 742. The van der Waals surface area contributed by atoms with Crippen molar-refractivity contribution in [2.45, 2.75) is 149 Å². The van der Waals surface area contributed by atoms with Crippen LogP contribution in [0, 0.1) is 29.1 Å². The Labute approximate surface area is 233 Å². The van der Waals surface area contributed by atoms with Crippen molar-refractivity contribution in [3.05, 3.63) is 34.6 Å². The smallest absolute Gasteiger partial charge is 0.271 e. The SMILES string of the molecule is CCCCCCCCCC(CCCCCCCCC(C)c1c(F)c(F)c(F)c(F)c1F)OC(OCC)OCC. The summed E-state index contributed by atoms with van der Waals surface area (Å²) in [4.78, 5) is 0. The van der Waals surface area contributed by atoms with E-state index in [0.29, 0.717) is 26.1 Å². The predicted octanol–water partition coefficient (Wildman–Crippen LogP) is 10.5. The van der Waals surface area contributed by atoms with Gasteiger partial charge in [0.25, 0.3) is 6.48 Å². The Kier molecular flexibility index (Phi) is 19.7. The number of unbranched alkanes of at least 4 members (excludes halogenated alkanes) is 11. The van der Waals surface area contributed by atoms with E-state index in [9.17, 15) is 22.0 Å². The molecule has 0 saturated carbocycles. The monoisotopic (exact) mass is 566 g/mol. The van der Waals surface area contributed by atoms with Crippen LogP contribution in [-0.2, 0) is 14.2 Å². The molecular weight excluding hydrogens is 515 g/mol. The highest BCUT2D eigenvalue weighted by Crippen LogP contribution is 2.31. The molecule has 0 aromatic heterocycles. The van der Waals surface area contributed by atoms with Gasteiger partial charge < -0.3 is 14.2 Å². The lowest BCUT2D eigenvalue weighted by atomic mass is 9.93. The van der Waals surface area contributed by atoms with Crippen molar-refractivity contribution < 1.29 is 36.2 Å². The Hall–Kier alpha value is -1.25. The van der Waals surface area contributed by atoms with Crippen LogP contribution in [-0.4, -0.2) is 25.8 Å². The summed E-state index contributed by atoms with van der Waals surface area (Å²) in [6.45, 7) is 7.99. The van der Waals surface area contributed by atoms with Gasteiger partial charge in [-0.15, -0.1) is 0 Å². The van der Waals surface area contributed by atoms with Gasteiger partial charge in [-0.2, -0.15) is 0 Å². The van der Waals surface area contributed by atoms with Crippen molar-refractivity contribution in [2.75, 3.05) is 13.2 Å². The highest BCUT2D eigenvalue weighted by molar-refractivity contribution is 5.27. The van der Waals surface area contributed by atoms with Crippen molar-refractivity contribution in [1.29, 1.82) is 0 Å². The molecule has 8 heteroatoms. The summed E-state index contributed by atoms with van der Waals surface area (Å²) in [6, 6.07) is 0. The summed E-state index contributed by atoms with van der Waals surface area (Å²) in [6.07, 6.45) is 16.7. The van der Waals surface area contributed by atoms with Gasteiger partial charge in [0, 0.05) is 18.8 Å². The van der Waals surface area contributed by atoms with Gasteiger partial charge in [-0.05, 0) is 39.0 Å². The first-order valence-electron chi connectivity index (χ1n) is 15.2. The summed E-state index contributed by atoms with van der Waals surface area (Å²) in [5.41, 5.74) is -0.712. The molecule has 0 fully saturated rings. The van der Waals surface area contributed by atoms with Gasteiger partial charge in [0.15, 0.2) is 23.3 Å². The van der Waals surface area contributed by atoms with Gasteiger partial charge in [-0.1, -0.05) is 97.3 Å². The highest BCUT2D eigenvalue weighted by atomic mass is 19.2. The molecule has 0 N–H and O–H groups in total. The second-order valence-corrected chi connectivity index (χ2v) is 10.5. The highest BCUT2D eigenvalue weighted by Gasteiger charge is 2.28. The summed E-state index contributed by atoms with van der Waals surface area (Å²) >= 11 is 0. The van der Waals surface area contributed by atoms with Gasteiger partial charge in [0.05, 0.1) is 6.10 Å². The molecular formula is C31H51F5O3. The number of hydrogen-bond donors (Lipinski definition) is 0. The van der Waals surface area contributed by atoms with Crippen LogP contribution in [0.2, 0.25) is 0 Å². The van der Waals surface area contributed by atoms with Crippen LogP contribution in [0.3, 0.4) is 0 Å². The fourth-order valence-corrected chi connectivity index (χ4v) is 4.89. The molecule has 0 saturated heterocycles. The molecule has 0 radical (unpaired) electrons. The number of hydrogen-bond acceptors (Lipinski definition) is 3. The first-order valence-corrected chi connectivity index (χ1v) is 15.2. The molecule has 39 heavy (non-hydrogen) atoms. The van der Waals surface area contributed by atoms with E-state index >= 15 is 0 Å². The van der Waals surface area contributed by atoms with Gasteiger partial charge in [0.2, 0.25) is 5.82 Å². The third-order valence-corrected chi connectivity index (χ3v) is 7.19. The maximum Gasteiger partial charge on any atom is 0.271 e. The summed E-state index contributed by atoms with van der Waals surface area (Å²) in [5.74, 6) is -10.0. The Morgan fingerprint density at radius 2 is 0.897 bits per heavy atom. The van der Waals surface area contributed by atoms with Crippen LogP contribution >= 0.6 is 0 Å². The third-order valence-electron chi connectivity index (χ3n) is 7.19. The molecule has 1 aromatic rings. The van der Waals surface area contributed by atoms with E-state index in [1.165, 1.54) is 45.4 Å². The standard InChI is InChI=1S/C31H51F5O3/c1-5-8-9-10-11-15-18-21-24(39-31(37-6-2)38-7-3)22-19-16-13-12-14-17-20-23(4)25-26(32)28(34)30(36)29(35)27(25)33/h23-24,31H,5-22H2,1-4H3. The predicted molar refractivity (Wildman–Crippen MR) is 146 cm³/mol. The quantitative estimate of drug-likeness (QED) is 0.0410. The van der Waals surface area contributed by atoms with E-state index in [4.69, 9.17) is 14.2 Å². The number of rotatable bonds is 24. The first-order chi connectivity index (χ1) is 18.8. The summed E-state index contributed by atoms with van der Waals surface area (Å²) in [5, 5.41) is 0. The van der Waals surface area contributed by atoms with E-state index in [-0.39, 0.29) is 6.10 Å². The average molecular weight is 567 g/mol. The van der Waals surface area contributed by atoms with E-state index in [0.717, 1.165) is 51.4 Å². The molecule has 1 rings (SSSR count). The minimum absolute atomic E-state index is 0.0888. The Morgan fingerprint density at radius 1 is 0.513 bits per heavy atom. The molecule has 3 nitrogen and oxygen atoms in total. The molecule has 0 aliphatic carbocycles. The lowest BCUT2D eigenvalue weighted by molar-refractivity contribution is -0.302. The number of benzene rings is 1. The van der Waals surface area contributed by atoms with Crippen LogP contribution in [0.15, 0.2) is 0 Å². The van der Waals surface area contributed by atoms with Crippen LogP contribution < -0.4 is 0 Å². The van der Waals surface area contributed by atoms with Crippen molar-refractivity contribution >= 4 is 0 Å². The molecule has 0 bridgehead atoms. The second kappa shape index (κ2) is 21.5. The second-order valence-electron chi connectivity index (χ2n) is 10.5. The largest absolute Gasteiger partial charge is 0.330 e. The number of ether oxygens (including phenoxy) is 3. The molecule has 1 aromatic carbocycles. The summed E-state index contributed by atoms with van der Waals surface area (Å²) < 4.78 is 85.6. The third kappa shape index (κ3) is 13.8. The van der Waals surface area contributed by atoms with Gasteiger partial charge in [0.1, 0.15) is 0 Å². The fraction of sp³-hybridized carbons (Fsp3) is 0.806. The minimum atomic E-state index is -2.11. The lowest BCUT2D eigenvalue weighted by Gasteiger charge is -2.24. The topological polar surface area (TPSA) is 27.7 Å². The lowest BCUT2D eigenvalue weighted by Crippen LogP contribution is -2.27. The molecule has 2 atom stereocenters. The normalized spacial score (nSPS) is 13.4. The van der Waals surface area contributed by atoms with Gasteiger partial charge >= 0.3 is 0 Å². The Morgan fingerprint density at radius 3 is 1.33 bits per heavy atom.